The van der Waals surface area contributed by atoms with E-state index in [0.29, 0.717) is 0 Å². The van der Waals surface area contributed by atoms with Gasteiger partial charge in [0.15, 0.2) is 0 Å². The van der Waals surface area contributed by atoms with E-state index in [-0.39, 0.29) is 10.00 Å². The number of thioether (sulfide) groups is 1. The van der Waals surface area contributed by atoms with Crippen LogP contribution in [0.25, 0.3) is 0 Å². The van der Waals surface area contributed by atoms with Crippen LogP contribution in [0.3, 0.4) is 0 Å². The largest absolute Gasteiger partial charge is 0.369 e. The van der Waals surface area contributed by atoms with Crippen molar-refractivity contribution in [1.82, 2.24) is 9.78 Å². The molecule has 1 atom stereocenters. The van der Waals surface area contributed by atoms with E-state index in [1.807, 2.05) is 35.6 Å². The predicted molar refractivity (Wildman–Crippen MR) is 96.1 cm³/mol. The van der Waals surface area contributed by atoms with Crippen LogP contribution in [0.1, 0.15) is 41.5 Å². The molecule has 1 aliphatic heterocycles. The fourth-order valence-electron chi connectivity index (χ4n) is 3.07. The molecule has 5 heteroatoms. The van der Waals surface area contributed by atoms with Gasteiger partial charge in [0.25, 0.3) is 0 Å². The van der Waals surface area contributed by atoms with Gasteiger partial charge in [-0.25, -0.2) is 0 Å². The predicted octanol–water partition coefficient (Wildman–Crippen LogP) is 4.72. The maximum atomic E-state index is 6.14. The summed E-state index contributed by atoms with van der Waals surface area (Å²) in [5.74, 6) is 1.13. The molecule has 1 N–H and O–H groups in total. The van der Waals surface area contributed by atoms with E-state index in [0.717, 1.165) is 23.1 Å². The fourth-order valence-corrected chi connectivity index (χ4v) is 4.88. The third-order valence-electron chi connectivity index (χ3n) is 4.16. The minimum atomic E-state index is 0.141. The summed E-state index contributed by atoms with van der Waals surface area (Å²) in [6.07, 6.45) is 0. The normalized spacial score (nSPS) is 20.2. The van der Waals surface area contributed by atoms with Crippen molar-refractivity contribution < 1.29 is 0 Å². The quantitative estimate of drug-likeness (QED) is 0.818. The maximum absolute atomic E-state index is 6.14. The molecular formula is C17H22ClN3S. The molecule has 0 radical (unpaired) electrons. The average molecular weight is 336 g/mol. The van der Waals surface area contributed by atoms with Crippen molar-refractivity contribution in [1.29, 1.82) is 0 Å². The summed E-state index contributed by atoms with van der Waals surface area (Å²) in [5.41, 5.74) is 4.94. The van der Waals surface area contributed by atoms with Crippen molar-refractivity contribution in [2.45, 2.75) is 37.7 Å². The second kappa shape index (κ2) is 5.50. The molecule has 1 aliphatic rings. The van der Waals surface area contributed by atoms with Gasteiger partial charge in [-0.2, -0.15) is 5.10 Å². The highest BCUT2D eigenvalue weighted by atomic mass is 35.5. The zero-order chi connectivity index (χ0) is 16.1. The smallest absolute Gasteiger partial charge is 0.128 e. The number of rotatable bonds is 1. The highest BCUT2D eigenvalue weighted by Crippen LogP contribution is 2.49. The lowest BCUT2D eigenvalue weighted by atomic mass is 10.00. The van der Waals surface area contributed by atoms with Crippen molar-refractivity contribution in [2.75, 3.05) is 11.9 Å². The summed E-state index contributed by atoms with van der Waals surface area (Å²) in [6.45, 7) is 9.73. The highest BCUT2D eigenvalue weighted by molar-refractivity contribution is 8.01. The number of halogens is 1. The van der Waals surface area contributed by atoms with E-state index in [1.54, 1.807) is 0 Å². The molecule has 0 spiro atoms. The Kier molecular flexibility index (Phi) is 3.94. The standard InChI is InChI=1S/C17H22ClN3S/c1-10-8-12(18)6-7-13(10)15-14-11(2)20-21(5)16(14)19-9-17(3,4)22-15/h6-8,15,19H,9H2,1-5H3. The monoisotopic (exact) mass is 335 g/mol. The Morgan fingerprint density at radius 3 is 2.77 bits per heavy atom. The van der Waals surface area contributed by atoms with Crippen LogP contribution in [0.2, 0.25) is 5.02 Å². The Morgan fingerprint density at radius 2 is 2.09 bits per heavy atom. The van der Waals surface area contributed by atoms with Gasteiger partial charge in [0.1, 0.15) is 5.82 Å². The molecule has 0 bridgehead atoms. The minimum absolute atomic E-state index is 0.141. The number of nitrogens with zero attached hydrogens (tertiary/aromatic N) is 2. The molecule has 1 aromatic heterocycles. The molecule has 1 aromatic carbocycles. The van der Waals surface area contributed by atoms with Crippen LogP contribution in [0.4, 0.5) is 5.82 Å². The van der Waals surface area contributed by atoms with Gasteiger partial charge in [-0.3, -0.25) is 4.68 Å². The molecule has 0 aliphatic carbocycles. The summed E-state index contributed by atoms with van der Waals surface area (Å²) >= 11 is 8.14. The van der Waals surface area contributed by atoms with Gasteiger partial charge in [0, 0.05) is 28.9 Å². The lowest BCUT2D eigenvalue weighted by molar-refractivity contribution is 0.721. The van der Waals surface area contributed by atoms with Gasteiger partial charge >= 0.3 is 0 Å². The third-order valence-corrected chi connectivity index (χ3v) is 5.91. The fraction of sp³-hybridized carbons (Fsp3) is 0.471. The molecule has 0 amide bonds. The van der Waals surface area contributed by atoms with Gasteiger partial charge in [0.05, 0.1) is 10.9 Å². The van der Waals surface area contributed by atoms with Gasteiger partial charge in [-0.05, 0) is 51.0 Å². The van der Waals surface area contributed by atoms with Crippen molar-refractivity contribution in [3.63, 3.8) is 0 Å². The molecule has 3 nitrogen and oxygen atoms in total. The van der Waals surface area contributed by atoms with Gasteiger partial charge in [-0.15, -0.1) is 11.8 Å². The number of anilines is 1. The van der Waals surface area contributed by atoms with Crippen LogP contribution < -0.4 is 5.32 Å². The van der Waals surface area contributed by atoms with E-state index < -0.39 is 0 Å². The van der Waals surface area contributed by atoms with Gasteiger partial charge < -0.3 is 5.32 Å². The second-order valence-corrected chi connectivity index (χ2v) is 8.83. The van der Waals surface area contributed by atoms with E-state index in [4.69, 9.17) is 11.6 Å². The van der Waals surface area contributed by atoms with E-state index in [2.05, 4.69) is 44.2 Å². The number of fused-ring (bicyclic) bond motifs is 1. The van der Waals surface area contributed by atoms with E-state index in [9.17, 15) is 0 Å². The SMILES string of the molecule is Cc1cc(Cl)ccc1C1SC(C)(C)CNc2c1c(C)nn2C. The molecule has 0 saturated heterocycles. The second-order valence-electron chi connectivity index (χ2n) is 6.58. The first kappa shape index (κ1) is 15.8. The van der Waals surface area contributed by atoms with Crippen LogP contribution >= 0.6 is 23.4 Å². The Morgan fingerprint density at radius 1 is 1.36 bits per heavy atom. The van der Waals surface area contributed by atoms with Crippen molar-refractivity contribution >= 4 is 29.2 Å². The number of aryl methyl sites for hydroxylation is 3. The zero-order valence-corrected chi connectivity index (χ0v) is 15.3. The lowest BCUT2D eigenvalue weighted by Crippen LogP contribution is -2.26. The number of aromatic nitrogens is 2. The first-order chi connectivity index (χ1) is 10.3. The summed E-state index contributed by atoms with van der Waals surface area (Å²) in [4.78, 5) is 0. The number of hydrogen-bond acceptors (Lipinski definition) is 3. The Balaban J connectivity index is 2.19. The Labute approximate surface area is 141 Å². The summed E-state index contributed by atoms with van der Waals surface area (Å²) < 4.78 is 2.10. The molecule has 118 valence electrons. The van der Waals surface area contributed by atoms with Crippen LogP contribution in [-0.4, -0.2) is 21.1 Å². The molecule has 3 rings (SSSR count). The van der Waals surface area contributed by atoms with E-state index >= 15 is 0 Å². The Hall–Kier alpha value is -1.13. The molecule has 0 saturated carbocycles. The van der Waals surface area contributed by atoms with Crippen LogP contribution in [0, 0.1) is 13.8 Å². The van der Waals surface area contributed by atoms with E-state index in [1.165, 1.54) is 16.7 Å². The summed E-state index contributed by atoms with van der Waals surface area (Å²) in [7, 11) is 2.01. The highest BCUT2D eigenvalue weighted by Gasteiger charge is 2.35. The lowest BCUT2D eigenvalue weighted by Gasteiger charge is -2.27. The van der Waals surface area contributed by atoms with Crippen molar-refractivity contribution in [3.05, 3.63) is 45.6 Å². The molecule has 22 heavy (non-hydrogen) atoms. The molecular weight excluding hydrogens is 314 g/mol. The summed E-state index contributed by atoms with van der Waals surface area (Å²) in [5, 5.41) is 9.27. The minimum Gasteiger partial charge on any atom is -0.369 e. The molecule has 2 heterocycles. The average Bonchev–Trinajstić information content (AvgIpc) is 2.59. The van der Waals surface area contributed by atoms with Crippen molar-refractivity contribution in [3.8, 4) is 0 Å². The van der Waals surface area contributed by atoms with Gasteiger partial charge in [0.2, 0.25) is 0 Å². The third kappa shape index (κ3) is 2.74. The first-order valence-electron chi connectivity index (χ1n) is 7.50. The van der Waals surface area contributed by atoms with Crippen LogP contribution in [0.15, 0.2) is 18.2 Å². The van der Waals surface area contributed by atoms with Crippen LogP contribution in [0.5, 0.6) is 0 Å². The zero-order valence-electron chi connectivity index (χ0n) is 13.7. The topological polar surface area (TPSA) is 29.9 Å². The number of hydrogen-bond donors (Lipinski definition) is 1. The van der Waals surface area contributed by atoms with Crippen LogP contribution in [-0.2, 0) is 7.05 Å². The molecule has 1 unspecified atom stereocenters. The first-order valence-corrected chi connectivity index (χ1v) is 8.75. The number of nitrogens with one attached hydrogen (secondary N) is 1. The number of benzene rings is 1. The molecule has 0 fully saturated rings. The summed E-state index contributed by atoms with van der Waals surface area (Å²) in [6, 6.07) is 6.20. The molecule has 2 aromatic rings. The van der Waals surface area contributed by atoms with Gasteiger partial charge in [-0.1, -0.05) is 17.7 Å². The maximum Gasteiger partial charge on any atom is 0.128 e. The van der Waals surface area contributed by atoms with Crippen molar-refractivity contribution in [2.24, 2.45) is 7.05 Å². The Bertz CT molecular complexity index is 721.